The summed E-state index contributed by atoms with van der Waals surface area (Å²) >= 11 is 5.98. The van der Waals surface area contributed by atoms with Crippen molar-refractivity contribution in [3.8, 4) is 5.69 Å². The third kappa shape index (κ3) is 2.35. The molecule has 0 unspecified atom stereocenters. The Balaban J connectivity index is 2.47. The van der Waals surface area contributed by atoms with Crippen LogP contribution >= 0.6 is 11.6 Å². The Labute approximate surface area is 129 Å². The Morgan fingerprint density at radius 2 is 1.95 bits per heavy atom. The van der Waals surface area contributed by atoms with Crippen LogP contribution in [0.5, 0.6) is 0 Å². The number of hydrogen-bond donors (Lipinski definition) is 1. The minimum atomic E-state index is -0.841. The number of carbonyl (C=O) groups excluding carboxylic acids is 1. The molecule has 1 amide bonds. The number of primary amides is 1. The number of hydrogen-bond acceptors (Lipinski definition) is 2. The Kier molecular flexibility index (Phi) is 3.42. The summed E-state index contributed by atoms with van der Waals surface area (Å²) in [5, 5.41) is 0.703. The van der Waals surface area contributed by atoms with Gasteiger partial charge in [0, 0.05) is 22.3 Å². The van der Waals surface area contributed by atoms with E-state index in [0.717, 1.165) is 0 Å². The van der Waals surface area contributed by atoms with E-state index in [-0.39, 0.29) is 10.9 Å². The predicted molar refractivity (Wildman–Crippen MR) is 83.0 cm³/mol. The van der Waals surface area contributed by atoms with Crippen LogP contribution < -0.4 is 11.2 Å². The minimum Gasteiger partial charge on any atom is -0.365 e. The molecule has 0 spiro atoms. The zero-order valence-corrected chi connectivity index (χ0v) is 12.0. The second-order valence-electron chi connectivity index (χ2n) is 4.75. The lowest BCUT2D eigenvalue weighted by Gasteiger charge is -2.13. The average molecular weight is 317 g/mol. The van der Waals surface area contributed by atoms with Gasteiger partial charge in [0.25, 0.3) is 5.91 Å². The van der Waals surface area contributed by atoms with Crippen molar-refractivity contribution >= 4 is 28.4 Å². The molecule has 4 nitrogen and oxygen atoms in total. The summed E-state index contributed by atoms with van der Waals surface area (Å²) in [4.78, 5) is 23.8. The standard InChI is InChI=1S/C16H10ClFN2O2/c17-9-4-5-12-14(6-9)20(8-13(15(12)21)16(19)22)11-3-1-2-10(18)7-11/h1-8H,(H2,19,22). The molecule has 0 saturated heterocycles. The van der Waals surface area contributed by atoms with E-state index in [4.69, 9.17) is 17.3 Å². The highest BCUT2D eigenvalue weighted by Crippen LogP contribution is 2.21. The zero-order chi connectivity index (χ0) is 15.9. The van der Waals surface area contributed by atoms with E-state index in [0.29, 0.717) is 16.2 Å². The van der Waals surface area contributed by atoms with E-state index in [9.17, 15) is 14.0 Å². The molecule has 22 heavy (non-hydrogen) atoms. The van der Waals surface area contributed by atoms with Crippen LogP contribution in [-0.2, 0) is 0 Å². The molecule has 1 aromatic heterocycles. The molecule has 1 heterocycles. The quantitative estimate of drug-likeness (QED) is 0.790. The van der Waals surface area contributed by atoms with Gasteiger partial charge in [-0.15, -0.1) is 0 Å². The van der Waals surface area contributed by atoms with Gasteiger partial charge in [-0.05, 0) is 36.4 Å². The smallest absolute Gasteiger partial charge is 0.254 e. The summed E-state index contributed by atoms with van der Waals surface area (Å²) < 4.78 is 15.0. The van der Waals surface area contributed by atoms with Gasteiger partial charge in [-0.3, -0.25) is 9.59 Å². The van der Waals surface area contributed by atoms with Gasteiger partial charge >= 0.3 is 0 Å². The fraction of sp³-hybridized carbons (Fsp3) is 0. The van der Waals surface area contributed by atoms with E-state index in [1.807, 2.05) is 0 Å². The summed E-state index contributed by atoms with van der Waals surface area (Å²) in [6, 6.07) is 10.4. The van der Waals surface area contributed by atoms with Crippen molar-refractivity contribution in [3.05, 3.63) is 75.3 Å². The van der Waals surface area contributed by atoms with Gasteiger partial charge in [-0.25, -0.2) is 4.39 Å². The molecule has 0 bridgehead atoms. The number of pyridine rings is 1. The summed E-state index contributed by atoms with van der Waals surface area (Å²) in [5.41, 5.74) is 5.53. The van der Waals surface area contributed by atoms with E-state index in [2.05, 4.69) is 0 Å². The normalized spacial score (nSPS) is 10.8. The van der Waals surface area contributed by atoms with E-state index in [1.165, 1.54) is 35.0 Å². The third-order valence-electron chi connectivity index (χ3n) is 3.32. The molecule has 110 valence electrons. The number of aromatic nitrogens is 1. The first kappa shape index (κ1) is 14.3. The highest BCUT2D eigenvalue weighted by atomic mass is 35.5. The van der Waals surface area contributed by atoms with Crippen LogP contribution in [0.3, 0.4) is 0 Å². The molecule has 0 aliphatic rings. The fourth-order valence-corrected chi connectivity index (χ4v) is 2.48. The highest BCUT2D eigenvalue weighted by Gasteiger charge is 2.14. The van der Waals surface area contributed by atoms with Gasteiger partial charge < -0.3 is 10.3 Å². The molecule has 0 aliphatic heterocycles. The molecular formula is C16H10ClFN2O2. The summed E-state index contributed by atoms with van der Waals surface area (Å²) in [6.45, 7) is 0. The lowest BCUT2D eigenvalue weighted by atomic mass is 10.1. The highest BCUT2D eigenvalue weighted by molar-refractivity contribution is 6.31. The molecule has 0 radical (unpaired) electrons. The van der Waals surface area contributed by atoms with Crippen LogP contribution in [0.25, 0.3) is 16.6 Å². The first-order valence-corrected chi connectivity index (χ1v) is 6.76. The third-order valence-corrected chi connectivity index (χ3v) is 3.55. The van der Waals surface area contributed by atoms with Crippen LogP contribution in [0.4, 0.5) is 4.39 Å². The monoisotopic (exact) mass is 316 g/mol. The maximum atomic E-state index is 13.5. The van der Waals surface area contributed by atoms with Gasteiger partial charge in [0.15, 0.2) is 0 Å². The van der Waals surface area contributed by atoms with E-state index >= 15 is 0 Å². The number of nitrogens with two attached hydrogens (primary N) is 1. The Hall–Kier alpha value is -2.66. The molecule has 0 saturated carbocycles. The maximum absolute atomic E-state index is 13.5. The van der Waals surface area contributed by atoms with Gasteiger partial charge in [0.2, 0.25) is 5.43 Å². The molecular weight excluding hydrogens is 307 g/mol. The molecule has 2 aromatic carbocycles. The second-order valence-corrected chi connectivity index (χ2v) is 5.18. The van der Waals surface area contributed by atoms with Crippen molar-refractivity contribution in [3.63, 3.8) is 0 Å². The summed E-state index contributed by atoms with van der Waals surface area (Å²) in [6.07, 6.45) is 1.30. The topological polar surface area (TPSA) is 65.1 Å². The Bertz CT molecular complexity index is 966. The minimum absolute atomic E-state index is 0.168. The van der Waals surface area contributed by atoms with Gasteiger partial charge in [0.1, 0.15) is 11.4 Å². The number of halogens is 2. The molecule has 3 rings (SSSR count). The number of amides is 1. The SMILES string of the molecule is NC(=O)c1cn(-c2cccc(F)c2)c2cc(Cl)ccc2c1=O. The van der Waals surface area contributed by atoms with Crippen LogP contribution in [0.15, 0.2) is 53.5 Å². The first-order chi connectivity index (χ1) is 10.5. The van der Waals surface area contributed by atoms with Crippen LogP contribution in [0.1, 0.15) is 10.4 Å². The largest absolute Gasteiger partial charge is 0.365 e. The number of carbonyl (C=O) groups is 1. The van der Waals surface area contributed by atoms with Crippen molar-refractivity contribution in [1.29, 1.82) is 0 Å². The second kappa shape index (κ2) is 5.27. The zero-order valence-electron chi connectivity index (χ0n) is 11.2. The molecule has 0 aliphatic carbocycles. The summed E-state index contributed by atoms with van der Waals surface area (Å²) in [7, 11) is 0. The molecule has 6 heteroatoms. The van der Waals surface area contributed by atoms with Crippen molar-refractivity contribution in [2.24, 2.45) is 5.73 Å². The van der Waals surface area contributed by atoms with Crippen LogP contribution in [0.2, 0.25) is 5.02 Å². The summed E-state index contributed by atoms with van der Waals surface area (Å²) in [5.74, 6) is -1.28. The van der Waals surface area contributed by atoms with Crippen molar-refractivity contribution in [2.45, 2.75) is 0 Å². The maximum Gasteiger partial charge on any atom is 0.254 e. The molecule has 2 N–H and O–H groups in total. The lowest BCUT2D eigenvalue weighted by Crippen LogP contribution is -2.23. The average Bonchev–Trinajstić information content (AvgIpc) is 2.47. The molecule has 0 atom stereocenters. The molecule has 0 fully saturated rings. The Morgan fingerprint density at radius 1 is 1.18 bits per heavy atom. The van der Waals surface area contributed by atoms with Crippen LogP contribution in [-0.4, -0.2) is 10.5 Å². The van der Waals surface area contributed by atoms with E-state index < -0.39 is 17.2 Å². The Morgan fingerprint density at radius 3 is 2.64 bits per heavy atom. The van der Waals surface area contributed by atoms with Gasteiger partial charge in [-0.2, -0.15) is 0 Å². The molecule has 3 aromatic rings. The van der Waals surface area contributed by atoms with Gasteiger partial charge in [-0.1, -0.05) is 17.7 Å². The van der Waals surface area contributed by atoms with Crippen molar-refractivity contribution < 1.29 is 9.18 Å². The van der Waals surface area contributed by atoms with Gasteiger partial charge in [0.05, 0.1) is 5.52 Å². The number of rotatable bonds is 2. The van der Waals surface area contributed by atoms with Crippen molar-refractivity contribution in [1.82, 2.24) is 4.57 Å². The number of benzene rings is 2. The predicted octanol–water partition coefficient (Wildman–Crippen LogP) is 2.88. The van der Waals surface area contributed by atoms with E-state index in [1.54, 1.807) is 18.2 Å². The lowest BCUT2D eigenvalue weighted by molar-refractivity contribution is 0.0999. The van der Waals surface area contributed by atoms with Crippen LogP contribution in [0, 0.1) is 5.82 Å². The fourth-order valence-electron chi connectivity index (χ4n) is 2.31. The number of nitrogens with zero attached hydrogens (tertiary/aromatic N) is 1. The number of fused-ring (bicyclic) bond motifs is 1. The van der Waals surface area contributed by atoms with Crippen molar-refractivity contribution in [2.75, 3.05) is 0 Å². The first-order valence-electron chi connectivity index (χ1n) is 6.38.